The van der Waals surface area contributed by atoms with Crippen molar-refractivity contribution in [2.45, 2.75) is 6.04 Å². The molecule has 0 saturated carbocycles. The molecule has 0 bridgehead atoms. The highest BCUT2D eigenvalue weighted by Gasteiger charge is 2.25. The van der Waals surface area contributed by atoms with E-state index in [4.69, 9.17) is 4.74 Å². The van der Waals surface area contributed by atoms with Crippen molar-refractivity contribution in [3.8, 4) is 0 Å². The van der Waals surface area contributed by atoms with E-state index in [0.29, 0.717) is 16.5 Å². The Morgan fingerprint density at radius 2 is 1.78 bits per heavy atom. The van der Waals surface area contributed by atoms with Crippen molar-refractivity contribution in [1.82, 2.24) is 9.88 Å². The van der Waals surface area contributed by atoms with Crippen molar-refractivity contribution in [3.05, 3.63) is 80.6 Å². The molecule has 3 rings (SSSR count). The summed E-state index contributed by atoms with van der Waals surface area (Å²) in [7, 11) is 2.90. The lowest BCUT2D eigenvalue weighted by Crippen LogP contribution is -2.35. The van der Waals surface area contributed by atoms with Gasteiger partial charge in [0.05, 0.1) is 18.2 Å². The van der Waals surface area contributed by atoms with Crippen LogP contribution in [0.2, 0.25) is 0 Å². The van der Waals surface area contributed by atoms with Gasteiger partial charge < -0.3 is 14.6 Å². The third-order valence-electron chi connectivity index (χ3n) is 4.31. The molecule has 0 aliphatic carbocycles. The third kappa shape index (κ3) is 3.78. The largest absolute Gasteiger partial charge is 0.467 e. The first-order valence-corrected chi connectivity index (χ1v) is 8.94. The summed E-state index contributed by atoms with van der Waals surface area (Å²) in [6, 6.07) is 14.4. The maximum absolute atomic E-state index is 12.9. The second-order valence-electron chi connectivity index (χ2n) is 5.95. The van der Waals surface area contributed by atoms with E-state index in [-0.39, 0.29) is 11.1 Å². The fraction of sp³-hybridized carbons (Fsp3) is 0.150. The molecule has 0 radical (unpaired) electrons. The molecule has 0 spiro atoms. The van der Waals surface area contributed by atoms with Crippen molar-refractivity contribution >= 4 is 38.7 Å². The molecule has 2 aromatic carbocycles. The van der Waals surface area contributed by atoms with Gasteiger partial charge in [0.15, 0.2) is 6.04 Å². The molecule has 7 heteroatoms. The number of aromatic nitrogens is 1. The summed E-state index contributed by atoms with van der Waals surface area (Å²) < 4.78 is 7.15. The van der Waals surface area contributed by atoms with Gasteiger partial charge in [-0.1, -0.05) is 46.3 Å². The van der Waals surface area contributed by atoms with Crippen LogP contribution in [0, 0.1) is 0 Å². The van der Waals surface area contributed by atoms with Crippen LogP contribution in [0.25, 0.3) is 10.9 Å². The summed E-state index contributed by atoms with van der Waals surface area (Å²) in [5, 5.41) is 3.30. The standard InChI is InChI=1S/C20H17BrN2O4/c1-23-16-6-4-3-5-14(16)15(11-17(23)24)19(25)22-18(20(26)27-2)12-7-9-13(21)10-8-12/h3-11,18H,1-2H3,(H,22,25). The molecule has 0 aliphatic heterocycles. The molecular formula is C20H17BrN2O4. The molecule has 138 valence electrons. The molecule has 3 aromatic rings. The lowest BCUT2D eigenvalue weighted by Gasteiger charge is -2.18. The number of halogens is 1. The van der Waals surface area contributed by atoms with E-state index in [1.54, 1.807) is 55.6 Å². The van der Waals surface area contributed by atoms with Crippen LogP contribution in [0.15, 0.2) is 63.9 Å². The minimum atomic E-state index is -0.988. The number of para-hydroxylation sites is 1. The van der Waals surface area contributed by atoms with Gasteiger partial charge in [0.25, 0.3) is 11.5 Å². The number of benzene rings is 2. The van der Waals surface area contributed by atoms with E-state index in [1.165, 1.54) is 17.7 Å². The van der Waals surface area contributed by atoms with Crippen LogP contribution >= 0.6 is 15.9 Å². The number of nitrogens with zero attached hydrogens (tertiary/aromatic N) is 1. The number of aryl methyl sites for hydroxylation is 1. The van der Waals surface area contributed by atoms with Crippen LogP contribution in [0.4, 0.5) is 0 Å². The summed E-state index contributed by atoms with van der Waals surface area (Å²) in [5.74, 6) is -1.12. The molecule has 0 fully saturated rings. The lowest BCUT2D eigenvalue weighted by molar-refractivity contribution is -0.143. The maximum Gasteiger partial charge on any atom is 0.333 e. The van der Waals surface area contributed by atoms with Crippen LogP contribution in [0.1, 0.15) is 22.0 Å². The van der Waals surface area contributed by atoms with Crippen LogP contribution < -0.4 is 10.9 Å². The zero-order chi connectivity index (χ0) is 19.6. The molecule has 1 heterocycles. The first kappa shape index (κ1) is 18.8. The topological polar surface area (TPSA) is 77.4 Å². The second kappa shape index (κ2) is 7.75. The highest BCUT2D eigenvalue weighted by molar-refractivity contribution is 9.10. The highest BCUT2D eigenvalue weighted by Crippen LogP contribution is 2.21. The van der Waals surface area contributed by atoms with Crippen molar-refractivity contribution in [1.29, 1.82) is 0 Å². The molecule has 1 unspecified atom stereocenters. The predicted molar refractivity (Wildman–Crippen MR) is 106 cm³/mol. The van der Waals surface area contributed by atoms with Crippen molar-refractivity contribution in [2.75, 3.05) is 7.11 Å². The number of methoxy groups -OCH3 is 1. The van der Waals surface area contributed by atoms with Crippen LogP contribution in [-0.4, -0.2) is 23.6 Å². The number of rotatable bonds is 4. The maximum atomic E-state index is 12.9. The van der Waals surface area contributed by atoms with E-state index >= 15 is 0 Å². The fourth-order valence-corrected chi connectivity index (χ4v) is 3.12. The zero-order valence-corrected chi connectivity index (χ0v) is 16.3. The number of nitrogens with one attached hydrogen (secondary N) is 1. The van der Waals surface area contributed by atoms with Gasteiger partial charge in [-0.15, -0.1) is 0 Å². The van der Waals surface area contributed by atoms with Gasteiger partial charge in [-0.05, 0) is 23.8 Å². The summed E-state index contributed by atoms with van der Waals surface area (Å²) in [6.45, 7) is 0. The van der Waals surface area contributed by atoms with Gasteiger partial charge >= 0.3 is 5.97 Å². The number of ether oxygens (including phenoxy) is 1. The number of fused-ring (bicyclic) bond motifs is 1. The average Bonchev–Trinajstić information content (AvgIpc) is 2.69. The molecule has 1 N–H and O–H groups in total. The van der Waals surface area contributed by atoms with E-state index in [0.717, 1.165) is 4.47 Å². The number of carbonyl (C=O) groups excluding carboxylic acids is 2. The summed E-state index contributed by atoms with van der Waals surface area (Å²) >= 11 is 3.34. The first-order chi connectivity index (χ1) is 12.9. The minimum Gasteiger partial charge on any atom is -0.467 e. The second-order valence-corrected chi connectivity index (χ2v) is 6.87. The van der Waals surface area contributed by atoms with Gasteiger partial charge in [-0.2, -0.15) is 0 Å². The van der Waals surface area contributed by atoms with Gasteiger partial charge in [0.2, 0.25) is 0 Å². The number of amides is 1. The summed E-state index contributed by atoms with van der Waals surface area (Å²) in [6.07, 6.45) is 0. The Balaban J connectivity index is 2.03. The molecule has 1 aromatic heterocycles. The Hall–Kier alpha value is -2.93. The summed E-state index contributed by atoms with van der Waals surface area (Å²) in [4.78, 5) is 37.4. The number of esters is 1. The Kier molecular flexibility index (Phi) is 5.41. The number of carbonyl (C=O) groups is 2. The third-order valence-corrected chi connectivity index (χ3v) is 4.84. The number of hydrogen-bond acceptors (Lipinski definition) is 4. The Morgan fingerprint density at radius 3 is 2.44 bits per heavy atom. The van der Waals surface area contributed by atoms with Gasteiger partial charge in [0.1, 0.15) is 0 Å². The van der Waals surface area contributed by atoms with Gasteiger partial charge in [-0.3, -0.25) is 9.59 Å². The number of pyridine rings is 1. The number of hydrogen-bond donors (Lipinski definition) is 1. The Labute approximate surface area is 163 Å². The van der Waals surface area contributed by atoms with Gasteiger partial charge in [0, 0.05) is 23.0 Å². The van der Waals surface area contributed by atoms with Crippen molar-refractivity contribution in [2.24, 2.45) is 7.05 Å². The van der Waals surface area contributed by atoms with Crippen LogP contribution in [0.3, 0.4) is 0 Å². The van der Waals surface area contributed by atoms with E-state index in [9.17, 15) is 14.4 Å². The van der Waals surface area contributed by atoms with Crippen molar-refractivity contribution in [3.63, 3.8) is 0 Å². The first-order valence-electron chi connectivity index (χ1n) is 8.15. The quantitative estimate of drug-likeness (QED) is 0.648. The minimum absolute atomic E-state index is 0.208. The fourth-order valence-electron chi connectivity index (χ4n) is 2.86. The molecule has 1 amide bonds. The smallest absolute Gasteiger partial charge is 0.333 e. The van der Waals surface area contributed by atoms with E-state index < -0.39 is 17.9 Å². The molecular weight excluding hydrogens is 412 g/mol. The highest BCUT2D eigenvalue weighted by atomic mass is 79.9. The summed E-state index contributed by atoms with van der Waals surface area (Å²) in [5.41, 5.74) is 1.11. The molecule has 6 nitrogen and oxygen atoms in total. The van der Waals surface area contributed by atoms with Crippen LogP contribution in [0.5, 0.6) is 0 Å². The molecule has 1 atom stereocenters. The molecule has 27 heavy (non-hydrogen) atoms. The molecule has 0 saturated heterocycles. The Bertz CT molecular complexity index is 1070. The van der Waals surface area contributed by atoms with Gasteiger partial charge in [-0.25, -0.2) is 4.79 Å². The van der Waals surface area contributed by atoms with E-state index in [1.807, 2.05) is 0 Å². The predicted octanol–water partition coefficient (Wildman–Crippen LogP) is 2.95. The monoisotopic (exact) mass is 428 g/mol. The van der Waals surface area contributed by atoms with E-state index in [2.05, 4.69) is 21.2 Å². The van der Waals surface area contributed by atoms with Crippen molar-refractivity contribution < 1.29 is 14.3 Å². The SMILES string of the molecule is COC(=O)C(NC(=O)c1cc(=O)n(C)c2ccccc12)c1ccc(Br)cc1. The normalized spacial score (nSPS) is 11.8. The zero-order valence-electron chi connectivity index (χ0n) is 14.7. The Morgan fingerprint density at radius 1 is 1.11 bits per heavy atom. The molecule has 0 aliphatic rings. The van der Waals surface area contributed by atoms with Crippen LogP contribution in [-0.2, 0) is 16.6 Å². The average molecular weight is 429 g/mol. The lowest BCUT2D eigenvalue weighted by atomic mass is 10.0.